The van der Waals surface area contributed by atoms with E-state index in [1.165, 1.54) is 11.1 Å². The van der Waals surface area contributed by atoms with Crippen LogP contribution in [0.4, 0.5) is 0 Å². The maximum Gasteiger partial charge on any atom is 0.0777 e. The van der Waals surface area contributed by atoms with Crippen LogP contribution in [0.5, 0.6) is 0 Å². The monoisotopic (exact) mass is 219 g/mol. The SMILES string of the molecule is O[C@H]1Cc2ccccc2[C@H]1N1CCOCC1. The Balaban J connectivity index is 1.89. The second-order valence-corrected chi connectivity index (χ2v) is 4.56. The average molecular weight is 219 g/mol. The fourth-order valence-electron chi connectivity index (χ4n) is 2.85. The molecule has 86 valence electrons. The van der Waals surface area contributed by atoms with Crippen LogP contribution in [-0.2, 0) is 11.2 Å². The van der Waals surface area contributed by atoms with Gasteiger partial charge in [0.2, 0.25) is 0 Å². The van der Waals surface area contributed by atoms with Crippen molar-refractivity contribution in [1.29, 1.82) is 0 Å². The molecule has 1 aliphatic heterocycles. The first kappa shape index (κ1) is 10.3. The molecule has 16 heavy (non-hydrogen) atoms. The highest BCUT2D eigenvalue weighted by molar-refractivity contribution is 5.36. The summed E-state index contributed by atoms with van der Waals surface area (Å²) < 4.78 is 5.36. The Morgan fingerprint density at radius 3 is 2.75 bits per heavy atom. The number of rotatable bonds is 1. The van der Waals surface area contributed by atoms with Crippen molar-refractivity contribution in [1.82, 2.24) is 4.90 Å². The Morgan fingerprint density at radius 2 is 1.94 bits per heavy atom. The van der Waals surface area contributed by atoms with Crippen LogP contribution < -0.4 is 0 Å². The number of fused-ring (bicyclic) bond motifs is 1. The number of aliphatic hydroxyl groups excluding tert-OH is 1. The lowest BCUT2D eigenvalue weighted by atomic mass is 10.1. The van der Waals surface area contributed by atoms with Crippen LogP contribution in [0.25, 0.3) is 0 Å². The van der Waals surface area contributed by atoms with Gasteiger partial charge in [0, 0.05) is 19.5 Å². The van der Waals surface area contributed by atoms with E-state index in [1.54, 1.807) is 0 Å². The fourth-order valence-corrected chi connectivity index (χ4v) is 2.85. The second-order valence-electron chi connectivity index (χ2n) is 4.56. The molecule has 1 aromatic carbocycles. The third-order valence-corrected chi connectivity index (χ3v) is 3.61. The smallest absolute Gasteiger partial charge is 0.0777 e. The van der Waals surface area contributed by atoms with E-state index >= 15 is 0 Å². The standard InChI is InChI=1S/C13H17NO2/c15-12-9-10-3-1-2-4-11(10)13(12)14-5-7-16-8-6-14/h1-4,12-13,15H,5-9H2/t12-,13+/m0/s1. The number of ether oxygens (including phenoxy) is 1. The topological polar surface area (TPSA) is 32.7 Å². The minimum atomic E-state index is -0.254. The molecular weight excluding hydrogens is 202 g/mol. The van der Waals surface area contributed by atoms with Crippen LogP contribution in [0.2, 0.25) is 0 Å². The number of aliphatic hydroxyl groups is 1. The fraction of sp³-hybridized carbons (Fsp3) is 0.538. The first-order valence-electron chi connectivity index (χ1n) is 5.94. The number of hydrogen-bond acceptors (Lipinski definition) is 3. The van der Waals surface area contributed by atoms with Crippen LogP contribution in [0.1, 0.15) is 17.2 Å². The summed E-state index contributed by atoms with van der Waals surface area (Å²) in [7, 11) is 0. The maximum absolute atomic E-state index is 10.2. The Hall–Kier alpha value is -0.900. The predicted octanol–water partition coefficient (Wildman–Crippen LogP) is 0.977. The van der Waals surface area contributed by atoms with Gasteiger partial charge in [0.05, 0.1) is 25.4 Å². The van der Waals surface area contributed by atoms with E-state index < -0.39 is 0 Å². The Bertz CT molecular complexity index is 374. The van der Waals surface area contributed by atoms with E-state index in [0.29, 0.717) is 0 Å². The van der Waals surface area contributed by atoms with Crippen molar-refractivity contribution in [3.63, 3.8) is 0 Å². The van der Waals surface area contributed by atoms with Crippen molar-refractivity contribution in [2.45, 2.75) is 18.6 Å². The van der Waals surface area contributed by atoms with E-state index in [2.05, 4.69) is 23.1 Å². The molecule has 0 bridgehead atoms. The molecule has 2 atom stereocenters. The molecule has 1 aliphatic carbocycles. The van der Waals surface area contributed by atoms with Crippen LogP contribution in [0.15, 0.2) is 24.3 Å². The average Bonchev–Trinajstić information content (AvgIpc) is 2.66. The van der Waals surface area contributed by atoms with Crippen molar-refractivity contribution in [2.24, 2.45) is 0 Å². The van der Waals surface area contributed by atoms with E-state index in [1.807, 2.05) is 6.07 Å². The molecule has 0 amide bonds. The van der Waals surface area contributed by atoms with Crippen LogP contribution in [0, 0.1) is 0 Å². The van der Waals surface area contributed by atoms with Crippen molar-refractivity contribution >= 4 is 0 Å². The molecular formula is C13H17NO2. The lowest BCUT2D eigenvalue weighted by Gasteiger charge is -2.34. The molecule has 1 N–H and O–H groups in total. The van der Waals surface area contributed by atoms with Crippen molar-refractivity contribution in [2.75, 3.05) is 26.3 Å². The number of hydrogen-bond donors (Lipinski definition) is 1. The summed E-state index contributed by atoms with van der Waals surface area (Å²) in [4.78, 5) is 2.35. The second kappa shape index (κ2) is 4.17. The molecule has 3 heteroatoms. The van der Waals surface area contributed by atoms with E-state index in [4.69, 9.17) is 4.74 Å². The zero-order valence-corrected chi connectivity index (χ0v) is 9.30. The normalized spacial score (nSPS) is 30.3. The van der Waals surface area contributed by atoms with Gasteiger partial charge in [-0.2, -0.15) is 0 Å². The molecule has 3 nitrogen and oxygen atoms in total. The first-order chi connectivity index (χ1) is 7.86. The lowest BCUT2D eigenvalue weighted by Crippen LogP contribution is -2.42. The summed E-state index contributed by atoms with van der Waals surface area (Å²) in [5, 5.41) is 10.2. The third-order valence-electron chi connectivity index (χ3n) is 3.61. The molecule has 1 heterocycles. The molecule has 0 aromatic heterocycles. The molecule has 1 aromatic rings. The third kappa shape index (κ3) is 1.65. The van der Waals surface area contributed by atoms with Crippen LogP contribution in [-0.4, -0.2) is 42.4 Å². The Morgan fingerprint density at radius 1 is 1.19 bits per heavy atom. The van der Waals surface area contributed by atoms with Gasteiger partial charge in [-0.3, -0.25) is 4.90 Å². The van der Waals surface area contributed by atoms with Crippen molar-refractivity contribution in [3.05, 3.63) is 35.4 Å². The lowest BCUT2D eigenvalue weighted by molar-refractivity contribution is -0.0165. The van der Waals surface area contributed by atoms with Gasteiger partial charge in [0.25, 0.3) is 0 Å². The zero-order chi connectivity index (χ0) is 11.0. The van der Waals surface area contributed by atoms with Gasteiger partial charge in [-0.1, -0.05) is 24.3 Å². The summed E-state index contributed by atoms with van der Waals surface area (Å²) in [6, 6.07) is 8.56. The van der Waals surface area contributed by atoms with E-state index in [9.17, 15) is 5.11 Å². The Kier molecular flexibility index (Phi) is 2.67. The van der Waals surface area contributed by atoms with Crippen molar-refractivity contribution < 1.29 is 9.84 Å². The minimum absolute atomic E-state index is 0.181. The van der Waals surface area contributed by atoms with Gasteiger partial charge in [0.15, 0.2) is 0 Å². The maximum atomic E-state index is 10.2. The van der Waals surface area contributed by atoms with E-state index in [-0.39, 0.29) is 12.1 Å². The first-order valence-corrected chi connectivity index (χ1v) is 5.94. The molecule has 0 radical (unpaired) electrons. The van der Waals surface area contributed by atoms with Gasteiger partial charge < -0.3 is 9.84 Å². The number of benzene rings is 1. The van der Waals surface area contributed by atoms with Crippen LogP contribution >= 0.6 is 0 Å². The molecule has 3 rings (SSSR count). The molecule has 0 unspecified atom stereocenters. The van der Waals surface area contributed by atoms with Gasteiger partial charge in [-0.25, -0.2) is 0 Å². The summed E-state index contributed by atoms with van der Waals surface area (Å²) in [5.74, 6) is 0. The number of morpholine rings is 1. The molecule has 1 fully saturated rings. The van der Waals surface area contributed by atoms with E-state index in [0.717, 1.165) is 32.7 Å². The van der Waals surface area contributed by atoms with Gasteiger partial charge in [-0.15, -0.1) is 0 Å². The molecule has 0 spiro atoms. The largest absolute Gasteiger partial charge is 0.391 e. The highest BCUT2D eigenvalue weighted by Gasteiger charge is 2.35. The van der Waals surface area contributed by atoms with Crippen LogP contribution in [0.3, 0.4) is 0 Å². The molecule has 1 saturated heterocycles. The highest BCUT2D eigenvalue weighted by Crippen LogP contribution is 2.36. The molecule has 2 aliphatic rings. The summed E-state index contributed by atoms with van der Waals surface area (Å²) in [5.41, 5.74) is 2.60. The summed E-state index contributed by atoms with van der Waals surface area (Å²) >= 11 is 0. The van der Waals surface area contributed by atoms with Crippen molar-refractivity contribution in [3.8, 4) is 0 Å². The number of nitrogens with zero attached hydrogens (tertiary/aromatic N) is 1. The van der Waals surface area contributed by atoms with Gasteiger partial charge >= 0.3 is 0 Å². The summed E-state index contributed by atoms with van der Waals surface area (Å²) in [6.07, 6.45) is 0.536. The van der Waals surface area contributed by atoms with Gasteiger partial charge in [0.1, 0.15) is 0 Å². The van der Waals surface area contributed by atoms with Gasteiger partial charge in [-0.05, 0) is 11.1 Å². The quantitative estimate of drug-likeness (QED) is 0.764. The predicted molar refractivity (Wildman–Crippen MR) is 61.3 cm³/mol. The summed E-state index contributed by atoms with van der Waals surface area (Å²) in [6.45, 7) is 3.42. The Labute approximate surface area is 95.6 Å². The molecule has 0 saturated carbocycles. The zero-order valence-electron chi connectivity index (χ0n) is 9.30. The minimum Gasteiger partial charge on any atom is -0.391 e. The highest BCUT2D eigenvalue weighted by atomic mass is 16.5.